The van der Waals surface area contributed by atoms with Crippen LogP contribution in [-0.2, 0) is 0 Å². The number of carbonyl (C=O) groups is 1. The van der Waals surface area contributed by atoms with E-state index in [0.29, 0.717) is 5.69 Å². The summed E-state index contributed by atoms with van der Waals surface area (Å²) in [4.78, 5) is 19.8. The minimum atomic E-state index is -0.400. The number of anilines is 1. The normalized spacial score (nSPS) is 10.1. The Labute approximate surface area is 105 Å². The van der Waals surface area contributed by atoms with Crippen LogP contribution in [0.5, 0.6) is 5.75 Å². The molecule has 1 aromatic heterocycles. The Hall–Kier alpha value is -2.43. The van der Waals surface area contributed by atoms with Crippen molar-refractivity contribution in [2.75, 3.05) is 5.32 Å². The van der Waals surface area contributed by atoms with Gasteiger partial charge < -0.3 is 10.4 Å². The number of rotatable bonds is 2. The SMILES string of the molecule is Cc1ccc(O)c(NC(=O)c2cnc(C)cn2)c1. The molecule has 1 heterocycles. The lowest BCUT2D eigenvalue weighted by molar-refractivity contribution is 0.102. The number of nitrogens with one attached hydrogen (secondary N) is 1. The zero-order valence-corrected chi connectivity index (χ0v) is 10.1. The highest BCUT2D eigenvalue weighted by molar-refractivity contribution is 6.03. The standard InChI is InChI=1S/C13H13N3O2/c1-8-3-4-12(17)10(5-8)16-13(18)11-7-14-9(2)6-15-11/h3-7,17H,1-2H3,(H,16,18). The van der Waals surface area contributed by atoms with Gasteiger partial charge in [0.2, 0.25) is 0 Å². The number of phenols is 1. The molecule has 18 heavy (non-hydrogen) atoms. The number of aromatic nitrogens is 2. The Morgan fingerprint density at radius 3 is 2.67 bits per heavy atom. The molecule has 0 atom stereocenters. The number of aromatic hydroxyl groups is 1. The van der Waals surface area contributed by atoms with Crippen LogP contribution in [0.15, 0.2) is 30.6 Å². The first-order valence-electron chi connectivity index (χ1n) is 5.46. The van der Waals surface area contributed by atoms with Crippen molar-refractivity contribution in [3.8, 4) is 5.75 Å². The molecule has 5 nitrogen and oxygen atoms in total. The maximum absolute atomic E-state index is 11.9. The summed E-state index contributed by atoms with van der Waals surface area (Å²) in [6.07, 6.45) is 2.92. The molecule has 0 radical (unpaired) electrons. The van der Waals surface area contributed by atoms with Crippen molar-refractivity contribution < 1.29 is 9.90 Å². The number of amides is 1. The summed E-state index contributed by atoms with van der Waals surface area (Å²) in [5.41, 5.74) is 2.26. The van der Waals surface area contributed by atoms with E-state index in [0.717, 1.165) is 11.3 Å². The van der Waals surface area contributed by atoms with Gasteiger partial charge in [-0.2, -0.15) is 0 Å². The number of aryl methyl sites for hydroxylation is 2. The van der Waals surface area contributed by atoms with Crippen LogP contribution in [0.4, 0.5) is 5.69 Å². The van der Waals surface area contributed by atoms with Gasteiger partial charge in [0, 0.05) is 6.20 Å². The Morgan fingerprint density at radius 2 is 2.00 bits per heavy atom. The van der Waals surface area contributed by atoms with Crippen LogP contribution in [0.1, 0.15) is 21.7 Å². The van der Waals surface area contributed by atoms with E-state index in [2.05, 4.69) is 15.3 Å². The maximum atomic E-state index is 11.9. The second kappa shape index (κ2) is 4.83. The molecule has 0 unspecified atom stereocenters. The van der Waals surface area contributed by atoms with E-state index >= 15 is 0 Å². The van der Waals surface area contributed by atoms with Crippen LogP contribution in [0.25, 0.3) is 0 Å². The molecule has 0 aliphatic rings. The van der Waals surface area contributed by atoms with Crippen LogP contribution in [-0.4, -0.2) is 21.0 Å². The van der Waals surface area contributed by atoms with Crippen molar-refractivity contribution >= 4 is 11.6 Å². The molecule has 0 saturated carbocycles. The van der Waals surface area contributed by atoms with Gasteiger partial charge in [0.25, 0.3) is 5.91 Å². The molecular weight excluding hydrogens is 230 g/mol. The maximum Gasteiger partial charge on any atom is 0.275 e. The monoisotopic (exact) mass is 243 g/mol. The number of hydrogen-bond acceptors (Lipinski definition) is 4. The van der Waals surface area contributed by atoms with E-state index in [1.807, 2.05) is 6.92 Å². The Kier molecular flexibility index (Phi) is 3.23. The van der Waals surface area contributed by atoms with Crippen molar-refractivity contribution in [3.05, 3.63) is 47.5 Å². The van der Waals surface area contributed by atoms with Gasteiger partial charge in [0.05, 0.1) is 17.6 Å². The summed E-state index contributed by atoms with van der Waals surface area (Å²) in [6, 6.07) is 4.98. The molecule has 0 aliphatic heterocycles. The third kappa shape index (κ3) is 2.63. The smallest absolute Gasteiger partial charge is 0.275 e. The zero-order valence-electron chi connectivity index (χ0n) is 10.1. The molecule has 1 amide bonds. The predicted octanol–water partition coefficient (Wildman–Crippen LogP) is 2.05. The number of benzene rings is 1. The first kappa shape index (κ1) is 12.0. The number of hydrogen-bond donors (Lipinski definition) is 2. The molecule has 0 bridgehead atoms. The molecule has 0 aliphatic carbocycles. The summed E-state index contributed by atoms with van der Waals surface area (Å²) in [5, 5.41) is 12.2. The largest absolute Gasteiger partial charge is 0.506 e. The van der Waals surface area contributed by atoms with Crippen LogP contribution < -0.4 is 5.32 Å². The van der Waals surface area contributed by atoms with E-state index in [1.165, 1.54) is 18.5 Å². The highest BCUT2D eigenvalue weighted by Crippen LogP contribution is 2.24. The molecule has 0 saturated heterocycles. The highest BCUT2D eigenvalue weighted by Gasteiger charge is 2.10. The average Bonchev–Trinajstić information content (AvgIpc) is 2.34. The second-order valence-corrected chi connectivity index (χ2v) is 4.02. The Morgan fingerprint density at radius 1 is 1.22 bits per heavy atom. The quantitative estimate of drug-likeness (QED) is 0.791. The Balaban J connectivity index is 2.21. The van der Waals surface area contributed by atoms with Crippen molar-refractivity contribution in [1.29, 1.82) is 0 Å². The van der Waals surface area contributed by atoms with Gasteiger partial charge >= 0.3 is 0 Å². The molecule has 2 aromatic rings. The summed E-state index contributed by atoms with van der Waals surface area (Å²) in [5.74, 6) is -0.377. The molecule has 2 rings (SSSR count). The topological polar surface area (TPSA) is 75.1 Å². The van der Waals surface area contributed by atoms with Crippen molar-refractivity contribution in [1.82, 2.24) is 9.97 Å². The van der Waals surface area contributed by atoms with Gasteiger partial charge in [-0.3, -0.25) is 9.78 Å². The van der Waals surface area contributed by atoms with Crippen molar-refractivity contribution in [3.63, 3.8) is 0 Å². The predicted molar refractivity (Wildman–Crippen MR) is 67.6 cm³/mol. The second-order valence-electron chi connectivity index (χ2n) is 4.02. The van der Waals surface area contributed by atoms with Gasteiger partial charge in [0.1, 0.15) is 11.4 Å². The minimum absolute atomic E-state index is 0.0222. The van der Waals surface area contributed by atoms with E-state index < -0.39 is 5.91 Å². The molecule has 0 spiro atoms. The fraction of sp³-hybridized carbons (Fsp3) is 0.154. The van der Waals surface area contributed by atoms with Gasteiger partial charge in [-0.05, 0) is 31.5 Å². The first-order chi connectivity index (χ1) is 8.56. The minimum Gasteiger partial charge on any atom is -0.506 e. The summed E-state index contributed by atoms with van der Waals surface area (Å²) < 4.78 is 0. The van der Waals surface area contributed by atoms with Gasteiger partial charge in [-0.1, -0.05) is 6.07 Å². The summed E-state index contributed by atoms with van der Waals surface area (Å²) in [6.45, 7) is 3.67. The van der Waals surface area contributed by atoms with E-state index in [4.69, 9.17) is 0 Å². The fourth-order valence-electron chi connectivity index (χ4n) is 1.45. The lowest BCUT2D eigenvalue weighted by Gasteiger charge is -2.07. The lowest BCUT2D eigenvalue weighted by Crippen LogP contribution is -2.14. The van der Waals surface area contributed by atoms with Crippen molar-refractivity contribution in [2.24, 2.45) is 0 Å². The van der Waals surface area contributed by atoms with Gasteiger partial charge in [-0.25, -0.2) is 4.98 Å². The van der Waals surface area contributed by atoms with Crippen LogP contribution in [0.3, 0.4) is 0 Å². The van der Waals surface area contributed by atoms with Gasteiger partial charge in [0.15, 0.2) is 0 Å². The molecular formula is C13H13N3O2. The van der Waals surface area contributed by atoms with Crippen LogP contribution in [0.2, 0.25) is 0 Å². The van der Waals surface area contributed by atoms with E-state index in [9.17, 15) is 9.90 Å². The molecule has 0 fully saturated rings. The average molecular weight is 243 g/mol. The third-order valence-electron chi connectivity index (χ3n) is 2.41. The van der Waals surface area contributed by atoms with Crippen molar-refractivity contribution in [2.45, 2.75) is 13.8 Å². The van der Waals surface area contributed by atoms with E-state index in [-0.39, 0.29) is 11.4 Å². The van der Waals surface area contributed by atoms with E-state index in [1.54, 1.807) is 19.1 Å². The molecule has 5 heteroatoms. The zero-order chi connectivity index (χ0) is 13.1. The third-order valence-corrected chi connectivity index (χ3v) is 2.41. The highest BCUT2D eigenvalue weighted by atomic mass is 16.3. The molecule has 2 N–H and O–H groups in total. The lowest BCUT2D eigenvalue weighted by atomic mass is 10.2. The number of phenolic OH excluding ortho intramolecular Hbond substituents is 1. The van der Waals surface area contributed by atoms with Gasteiger partial charge in [-0.15, -0.1) is 0 Å². The van der Waals surface area contributed by atoms with Crippen LogP contribution in [0, 0.1) is 13.8 Å². The van der Waals surface area contributed by atoms with Crippen LogP contribution >= 0.6 is 0 Å². The molecule has 1 aromatic carbocycles. The summed E-state index contributed by atoms with van der Waals surface area (Å²) >= 11 is 0. The number of carbonyl (C=O) groups excluding carboxylic acids is 1. The first-order valence-corrected chi connectivity index (χ1v) is 5.46. The fourth-order valence-corrected chi connectivity index (χ4v) is 1.45. The molecule has 92 valence electrons. The summed E-state index contributed by atoms with van der Waals surface area (Å²) in [7, 11) is 0. The number of nitrogens with zero attached hydrogens (tertiary/aromatic N) is 2. The Bertz CT molecular complexity index is 579.